The zero-order valence-corrected chi connectivity index (χ0v) is 24.9. The van der Waals surface area contributed by atoms with Crippen molar-refractivity contribution in [2.45, 2.75) is 137 Å². The van der Waals surface area contributed by atoms with E-state index in [-0.39, 0.29) is 28.9 Å². The molecule has 1 N–H and O–H groups in total. The minimum Gasteiger partial charge on any atom is -0.377 e. The lowest BCUT2D eigenvalue weighted by molar-refractivity contribution is -0.247. The van der Waals surface area contributed by atoms with Gasteiger partial charge in [0.25, 0.3) is 0 Å². The van der Waals surface area contributed by atoms with Crippen molar-refractivity contribution in [1.29, 1.82) is 0 Å². The molecule has 0 unspecified atom stereocenters. The highest BCUT2D eigenvalue weighted by Crippen LogP contribution is 2.53. The van der Waals surface area contributed by atoms with Crippen molar-refractivity contribution in [2.75, 3.05) is 0 Å². The summed E-state index contributed by atoms with van der Waals surface area (Å²) in [5.74, 6) is -8.13. The molecule has 3 fully saturated rings. The van der Waals surface area contributed by atoms with Crippen molar-refractivity contribution in [3.63, 3.8) is 0 Å². The first-order chi connectivity index (χ1) is 19.5. The first-order valence-electron chi connectivity index (χ1n) is 14.7. The second kappa shape index (κ2) is 12.5. The molecule has 3 saturated carbocycles. The molecule has 0 saturated heterocycles. The van der Waals surface area contributed by atoms with Gasteiger partial charge in [-0.05, 0) is 73.0 Å². The van der Waals surface area contributed by atoms with Gasteiger partial charge in [-0.15, -0.1) is 0 Å². The summed E-state index contributed by atoms with van der Waals surface area (Å²) in [6, 6.07) is 3.42. The van der Waals surface area contributed by atoms with Crippen LogP contribution in [0.2, 0.25) is 0 Å². The van der Waals surface area contributed by atoms with E-state index >= 15 is 0 Å². The fourth-order valence-corrected chi connectivity index (χ4v) is 8.20. The van der Waals surface area contributed by atoms with E-state index in [0.29, 0.717) is 25.7 Å². The van der Waals surface area contributed by atoms with Crippen molar-refractivity contribution in [1.82, 2.24) is 0 Å². The van der Waals surface area contributed by atoms with Gasteiger partial charge in [0.15, 0.2) is 0 Å². The van der Waals surface area contributed by atoms with Crippen LogP contribution in [0.5, 0.6) is 5.75 Å². The molecule has 1 aromatic carbocycles. The molecule has 0 radical (unpaired) electrons. The average molecular weight is 649 g/mol. The smallest absolute Gasteiger partial charge is 0.377 e. The maximum Gasteiger partial charge on any atom is 0.450 e. The van der Waals surface area contributed by atoms with E-state index in [0.717, 1.165) is 82.6 Å². The second-order valence-corrected chi connectivity index (χ2v) is 15.1. The standard InChI is InChI=1S/C28H38F6O6S2/c29-26(30,27(31,32)41(35,36)37)28(33,34)42(38,39)40-25-23(20-13-5-1-2-6-14-20)17-22(19-11-7-3-8-12-19)18-24(25)21-15-9-4-10-16-21/h17-21H,1-16H2,(H,35,36,37). The fourth-order valence-electron chi connectivity index (χ4n) is 6.73. The second-order valence-electron chi connectivity index (χ2n) is 12.0. The number of benzene rings is 1. The van der Waals surface area contributed by atoms with Crippen molar-refractivity contribution >= 4 is 20.2 Å². The summed E-state index contributed by atoms with van der Waals surface area (Å²) in [6.45, 7) is 0. The number of halogens is 6. The SMILES string of the molecule is O=S(=O)(O)C(F)(F)C(F)(F)C(F)(F)S(=O)(=O)Oc1c(C2CCCCCC2)cc(C2CCCCC2)cc1C1CCCCC1. The molecule has 1 aromatic rings. The average Bonchev–Trinajstić information content (AvgIpc) is 3.22. The van der Waals surface area contributed by atoms with Crippen LogP contribution in [0.4, 0.5) is 26.3 Å². The Bertz CT molecular complexity index is 1310. The molecule has 4 rings (SSSR count). The summed E-state index contributed by atoms with van der Waals surface area (Å²) in [5, 5.41) is -13.5. The minimum atomic E-state index is -7.13. The monoisotopic (exact) mass is 648 g/mol. The van der Waals surface area contributed by atoms with Gasteiger partial charge < -0.3 is 4.18 Å². The van der Waals surface area contributed by atoms with Crippen LogP contribution in [0.25, 0.3) is 0 Å². The Kier molecular flexibility index (Phi) is 9.89. The third-order valence-corrected chi connectivity index (χ3v) is 11.3. The topological polar surface area (TPSA) is 97.7 Å². The largest absolute Gasteiger partial charge is 0.450 e. The first-order valence-corrected chi connectivity index (χ1v) is 17.6. The maximum atomic E-state index is 15.0. The predicted octanol–water partition coefficient (Wildman–Crippen LogP) is 8.64. The molecular weight excluding hydrogens is 610 g/mol. The van der Waals surface area contributed by atoms with E-state index in [1.165, 1.54) is 0 Å². The molecule has 0 amide bonds. The number of hydrogen-bond donors (Lipinski definition) is 1. The molecule has 14 heteroatoms. The van der Waals surface area contributed by atoms with Crippen molar-refractivity contribution in [2.24, 2.45) is 0 Å². The highest BCUT2D eigenvalue weighted by atomic mass is 32.2. The van der Waals surface area contributed by atoms with Gasteiger partial charge in [-0.1, -0.05) is 76.3 Å². The Labute approximate surface area is 243 Å². The first kappa shape index (κ1) is 33.4. The summed E-state index contributed by atoms with van der Waals surface area (Å²) >= 11 is 0. The van der Waals surface area contributed by atoms with E-state index in [2.05, 4.69) is 0 Å². The van der Waals surface area contributed by atoms with Crippen LogP contribution < -0.4 is 4.18 Å². The zero-order valence-electron chi connectivity index (χ0n) is 23.3. The van der Waals surface area contributed by atoms with Crippen molar-refractivity contribution < 1.29 is 51.9 Å². The van der Waals surface area contributed by atoms with Gasteiger partial charge in [-0.25, -0.2) is 0 Å². The molecule has 0 bridgehead atoms. The van der Waals surface area contributed by atoms with E-state index in [4.69, 9.17) is 8.74 Å². The molecular formula is C28H38F6O6S2. The summed E-state index contributed by atoms with van der Waals surface area (Å²) in [5.41, 5.74) is 1.46. The van der Waals surface area contributed by atoms with Crippen LogP contribution in [0, 0.1) is 0 Å². The quantitative estimate of drug-likeness (QED) is 0.125. The maximum absolute atomic E-state index is 15.0. The van der Waals surface area contributed by atoms with Gasteiger partial charge in [0, 0.05) is 0 Å². The highest BCUT2D eigenvalue weighted by Gasteiger charge is 2.83. The molecule has 0 aromatic heterocycles. The lowest BCUT2D eigenvalue weighted by atomic mass is 9.76. The van der Waals surface area contributed by atoms with Crippen molar-refractivity contribution in [3.05, 3.63) is 28.8 Å². The fraction of sp³-hybridized carbons (Fsp3) is 0.786. The summed E-state index contributed by atoms with van der Waals surface area (Å²) < 4.78 is 148. The van der Waals surface area contributed by atoms with Crippen molar-refractivity contribution in [3.8, 4) is 5.75 Å². The van der Waals surface area contributed by atoms with Gasteiger partial charge in [0.1, 0.15) is 5.75 Å². The molecule has 42 heavy (non-hydrogen) atoms. The number of hydrogen-bond acceptors (Lipinski definition) is 5. The van der Waals surface area contributed by atoms with Gasteiger partial charge in [-0.3, -0.25) is 4.55 Å². The Morgan fingerprint density at radius 2 is 0.952 bits per heavy atom. The molecule has 240 valence electrons. The minimum absolute atomic E-state index is 0.135. The lowest BCUT2D eigenvalue weighted by Crippen LogP contribution is -2.61. The third kappa shape index (κ3) is 6.31. The zero-order chi connectivity index (χ0) is 31.0. The summed E-state index contributed by atoms with van der Waals surface area (Å²) in [4.78, 5) is 0. The van der Waals surface area contributed by atoms with Gasteiger partial charge in [-0.2, -0.15) is 43.2 Å². The molecule has 3 aliphatic carbocycles. The third-order valence-electron chi connectivity index (χ3n) is 9.15. The van der Waals surface area contributed by atoms with Gasteiger partial charge in [0.05, 0.1) is 0 Å². The number of alkyl halides is 6. The Balaban J connectivity index is 1.89. The van der Waals surface area contributed by atoms with E-state index < -0.39 is 42.4 Å². The van der Waals surface area contributed by atoms with Crippen LogP contribution in [-0.4, -0.2) is 37.8 Å². The Morgan fingerprint density at radius 1 is 0.595 bits per heavy atom. The molecule has 0 spiro atoms. The van der Waals surface area contributed by atoms with Gasteiger partial charge in [0.2, 0.25) is 0 Å². The van der Waals surface area contributed by atoms with Gasteiger partial charge >= 0.3 is 36.7 Å². The molecule has 0 heterocycles. The lowest BCUT2D eigenvalue weighted by Gasteiger charge is -2.33. The predicted molar refractivity (Wildman–Crippen MR) is 144 cm³/mol. The Morgan fingerprint density at radius 3 is 1.33 bits per heavy atom. The molecule has 0 aliphatic heterocycles. The van der Waals surface area contributed by atoms with Crippen LogP contribution in [-0.2, 0) is 20.2 Å². The molecule has 0 atom stereocenters. The van der Waals surface area contributed by atoms with E-state index in [1.807, 2.05) is 0 Å². The van der Waals surface area contributed by atoms with Crippen LogP contribution in [0.15, 0.2) is 12.1 Å². The normalized spacial score (nSPS) is 21.7. The number of rotatable bonds is 9. The highest BCUT2D eigenvalue weighted by molar-refractivity contribution is 7.88. The van der Waals surface area contributed by atoms with Crippen LogP contribution in [0.3, 0.4) is 0 Å². The molecule has 3 aliphatic rings. The van der Waals surface area contributed by atoms with Crippen LogP contribution >= 0.6 is 0 Å². The van der Waals surface area contributed by atoms with E-state index in [1.54, 1.807) is 12.1 Å². The Hall–Kier alpha value is -1.54. The molecule has 6 nitrogen and oxygen atoms in total. The van der Waals surface area contributed by atoms with E-state index in [9.17, 15) is 43.2 Å². The van der Waals surface area contributed by atoms with Crippen LogP contribution in [0.1, 0.15) is 137 Å². The summed E-state index contributed by atoms with van der Waals surface area (Å²) in [7, 11) is -14.1. The summed E-state index contributed by atoms with van der Waals surface area (Å²) in [6.07, 6.45) is 12.8.